The molecule has 4 nitrogen and oxygen atoms in total. The minimum absolute atomic E-state index is 0. The normalized spacial score (nSPS) is 15.8. The topological polar surface area (TPSA) is 54.0 Å². The number of thiazole rings is 1. The highest BCUT2D eigenvalue weighted by molar-refractivity contribution is 7.11. The summed E-state index contributed by atoms with van der Waals surface area (Å²) in [7, 11) is 0. The van der Waals surface area contributed by atoms with E-state index >= 15 is 0 Å². The molecule has 6 heteroatoms. The zero-order valence-electron chi connectivity index (χ0n) is 11.3. The average molecular weight is 304 g/mol. The van der Waals surface area contributed by atoms with Crippen LogP contribution in [0, 0.1) is 5.92 Å². The lowest BCUT2D eigenvalue weighted by Crippen LogP contribution is -2.38. The molecule has 0 saturated carbocycles. The fraction of sp³-hybridized carbons (Fsp3) is 0.692. The number of nitrogens with one attached hydrogen (secondary N) is 2. The van der Waals surface area contributed by atoms with Crippen molar-refractivity contribution in [2.75, 3.05) is 19.6 Å². The lowest BCUT2D eigenvalue weighted by atomic mass is 9.97. The van der Waals surface area contributed by atoms with Crippen molar-refractivity contribution >= 4 is 29.7 Å². The highest BCUT2D eigenvalue weighted by atomic mass is 35.5. The average Bonchev–Trinajstić information content (AvgIpc) is 2.87. The summed E-state index contributed by atoms with van der Waals surface area (Å²) in [5.41, 5.74) is 0. The van der Waals surface area contributed by atoms with Gasteiger partial charge in [0, 0.05) is 30.0 Å². The zero-order chi connectivity index (χ0) is 12.8. The van der Waals surface area contributed by atoms with Crippen molar-refractivity contribution < 1.29 is 4.79 Å². The van der Waals surface area contributed by atoms with Crippen LogP contribution in [0.15, 0.2) is 6.20 Å². The second kappa shape index (κ2) is 8.51. The minimum atomic E-state index is 0. The van der Waals surface area contributed by atoms with E-state index in [0.29, 0.717) is 6.54 Å². The van der Waals surface area contributed by atoms with Crippen LogP contribution in [0.3, 0.4) is 0 Å². The first-order chi connectivity index (χ1) is 8.79. The Morgan fingerprint density at radius 1 is 1.53 bits per heavy atom. The maximum Gasteiger partial charge on any atom is 0.223 e. The lowest BCUT2D eigenvalue weighted by molar-refractivity contribution is -0.125. The van der Waals surface area contributed by atoms with Gasteiger partial charge in [-0.1, -0.05) is 6.92 Å². The quantitative estimate of drug-likeness (QED) is 0.872. The van der Waals surface area contributed by atoms with Crippen LogP contribution in [-0.4, -0.2) is 30.5 Å². The molecule has 0 atom stereocenters. The molecule has 2 rings (SSSR count). The lowest BCUT2D eigenvalue weighted by Gasteiger charge is -2.21. The number of hydrogen-bond donors (Lipinski definition) is 2. The van der Waals surface area contributed by atoms with E-state index in [2.05, 4.69) is 22.5 Å². The van der Waals surface area contributed by atoms with E-state index < -0.39 is 0 Å². The standard InChI is InChI=1S/C13H21N3OS.ClH/c1-2-11-9-16-12(18-11)5-8-15-13(17)10-3-6-14-7-4-10;/h9-10,14H,2-8H2,1H3,(H,15,17);1H. The number of halogens is 1. The van der Waals surface area contributed by atoms with Crippen LogP contribution in [0.4, 0.5) is 0 Å². The summed E-state index contributed by atoms with van der Waals surface area (Å²) in [5.74, 6) is 0.414. The predicted octanol–water partition coefficient (Wildman–Crippen LogP) is 1.79. The summed E-state index contributed by atoms with van der Waals surface area (Å²) < 4.78 is 0. The molecule has 0 aliphatic carbocycles. The first kappa shape index (κ1) is 16.4. The van der Waals surface area contributed by atoms with Crippen molar-refractivity contribution in [3.05, 3.63) is 16.1 Å². The molecule has 1 aromatic heterocycles. The molecule has 108 valence electrons. The Bertz CT molecular complexity index is 391. The summed E-state index contributed by atoms with van der Waals surface area (Å²) in [6, 6.07) is 0. The number of aromatic nitrogens is 1. The van der Waals surface area contributed by atoms with Crippen molar-refractivity contribution in [3.63, 3.8) is 0 Å². The van der Waals surface area contributed by atoms with Gasteiger partial charge in [-0.3, -0.25) is 4.79 Å². The molecule has 1 aliphatic rings. The van der Waals surface area contributed by atoms with Crippen LogP contribution in [0.5, 0.6) is 0 Å². The molecule has 1 amide bonds. The number of hydrogen-bond acceptors (Lipinski definition) is 4. The van der Waals surface area contributed by atoms with E-state index in [1.54, 1.807) is 11.3 Å². The van der Waals surface area contributed by atoms with Gasteiger partial charge >= 0.3 is 0 Å². The molecule has 0 spiro atoms. The maximum atomic E-state index is 11.9. The van der Waals surface area contributed by atoms with Crippen molar-refractivity contribution in [1.82, 2.24) is 15.6 Å². The van der Waals surface area contributed by atoms with E-state index in [9.17, 15) is 4.79 Å². The van der Waals surface area contributed by atoms with E-state index in [1.165, 1.54) is 4.88 Å². The highest BCUT2D eigenvalue weighted by Crippen LogP contribution is 2.14. The van der Waals surface area contributed by atoms with E-state index in [4.69, 9.17) is 0 Å². The third kappa shape index (κ3) is 5.09. The molecule has 2 heterocycles. The van der Waals surface area contributed by atoms with Crippen LogP contribution in [0.25, 0.3) is 0 Å². The summed E-state index contributed by atoms with van der Waals surface area (Å²) in [6.07, 6.45) is 5.75. The van der Waals surface area contributed by atoms with Crippen LogP contribution >= 0.6 is 23.7 Å². The number of amides is 1. The molecular weight excluding hydrogens is 282 g/mol. The molecule has 0 bridgehead atoms. The molecule has 0 aromatic carbocycles. The molecule has 19 heavy (non-hydrogen) atoms. The van der Waals surface area contributed by atoms with Crippen molar-refractivity contribution in [1.29, 1.82) is 0 Å². The van der Waals surface area contributed by atoms with Gasteiger partial charge in [0.2, 0.25) is 5.91 Å². The molecule has 1 aliphatic heterocycles. The van der Waals surface area contributed by atoms with Gasteiger partial charge < -0.3 is 10.6 Å². The Balaban J connectivity index is 0.00000180. The Hall–Kier alpha value is -0.650. The first-order valence-corrected chi connectivity index (χ1v) is 7.53. The monoisotopic (exact) mass is 303 g/mol. The number of rotatable bonds is 5. The van der Waals surface area contributed by atoms with Gasteiger partial charge in [-0.2, -0.15) is 0 Å². The van der Waals surface area contributed by atoms with E-state index in [1.807, 2.05) is 6.20 Å². The van der Waals surface area contributed by atoms with Crippen LogP contribution in [-0.2, 0) is 17.6 Å². The van der Waals surface area contributed by atoms with E-state index in [0.717, 1.165) is 43.8 Å². The first-order valence-electron chi connectivity index (χ1n) is 6.71. The van der Waals surface area contributed by atoms with Crippen LogP contribution < -0.4 is 10.6 Å². The fourth-order valence-corrected chi connectivity index (χ4v) is 3.01. The van der Waals surface area contributed by atoms with Gasteiger partial charge in [0.05, 0.1) is 5.01 Å². The number of piperidine rings is 1. The number of nitrogens with zero attached hydrogens (tertiary/aromatic N) is 1. The maximum absolute atomic E-state index is 11.9. The van der Waals surface area contributed by atoms with Crippen molar-refractivity contribution in [2.24, 2.45) is 5.92 Å². The number of aryl methyl sites for hydroxylation is 1. The third-order valence-corrected chi connectivity index (χ3v) is 4.50. The number of carbonyl (C=O) groups is 1. The Kier molecular flexibility index (Phi) is 7.34. The Labute approximate surface area is 124 Å². The Morgan fingerprint density at radius 3 is 2.89 bits per heavy atom. The third-order valence-electron chi connectivity index (χ3n) is 3.30. The molecule has 1 saturated heterocycles. The van der Waals surface area contributed by atoms with Crippen molar-refractivity contribution in [3.8, 4) is 0 Å². The summed E-state index contributed by atoms with van der Waals surface area (Å²) in [4.78, 5) is 17.6. The molecule has 1 fully saturated rings. The molecular formula is C13H22ClN3OS. The summed E-state index contributed by atoms with van der Waals surface area (Å²) >= 11 is 1.75. The van der Waals surface area contributed by atoms with Gasteiger partial charge in [-0.05, 0) is 32.4 Å². The van der Waals surface area contributed by atoms with Gasteiger partial charge in [0.15, 0.2) is 0 Å². The molecule has 0 radical (unpaired) electrons. The molecule has 2 N–H and O–H groups in total. The molecule has 0 unspecified atom stereocenters. The number of carbonyl (C=O) groups excluding carboxylic acids is 1. The Morgan fingerprint density at radius 2 is 2.26 bits per heavy atom. The van der Waals surface area contributed by atoms with Gasteiger partial charge in [-0.15, -0.1) is 23.7 Å². The highest BCUT2D eigenvalue weighted by Gasteiger charge is 2.20. The van der Waals surface area contributed by atoms with E-state index in [-0.39, 0.29) is 24.2 Å². The second-order valence-corrected chi connectivity index (χ2v) is 5.84. The summed E-state index contributed by atoms with van der Waals surface area (Å²) in [6.45, 7) is 4.77. The van der Waals surface area contributed by atoms with Crippen molar-refractivity contribution in [2.45, 2.75) is 32.6 Å². The summed E-state index contributed by atoms with van der Waals surface area (Å²) in [5, 5.41) is 7.42. The fourth-order valence-electron chi connectivity index (χ4n) is 2.15. The predicted molar refractivity (Wildman–Crippen MR) is 81.0 cm³/mol. The second-order valence-electron chi connectivity index (χ2n) is 4.64. The largest absolute Gasteiger partial charge is 0.355 e. The van der Waals surface area contributed by atoms with Gasteiger partial charge in [-0.25, -0.2) is 4.98 Å². The van der Waals surface area contributed by atoms with Crippen LogP contribution in [0.2, 0.25) is 0 Å². The smallest absolute Gasteiger partial charge is 0.223 e. The van der Waals surface area contributed by atoms with Gasteiger partial charge in [0.25, 0.3) is 0 Å². The molecule has 1 aromatic rings. The SMILES string of the molecule is CCc1cnc(CCNC(=O)C2CCNCC2)s1.Cl. The minimum Gasteiger partial charge on any atom is -0.355 e. The zero-order valence-corrected chi connectivity index (χ0v) is 12.9. The van der Waals surface area contributed by atoms with Crippen LogP contribution in [0.1, 0.15) is 29.7 Å². The van der Waals surface area contributed by atoms with Gasteiger partial charge in [0.1, 0.15) is 0 Å².